The molecule has 2 amide bonds. The van der Waals surface area contributed by atoms with Gasteiger partial charge in [-0.15, -0.1) is 0 Å². The SMILES string of the molecule is CC(=O)NCC1CC(c2ccc(N3CCN(C(C)=O)CC3)c(F)c2)=NO1. The van der Waals surface area contributed by atoms with Crippen molar-refractivity contribution < 1.29 is 18.8 Å². The van der Waals surface area contributed by atoms with E-state index >= 15 is 0 Å². The van der Waals surface area contributed by atoms with Gasteiger partial charge in [0.15, 0.2) is 0 Å². The van der Waals surface area contributed by atoms with Crippen molar-refractivity contribution in [3.05, 3.63) is 29.6 Å². The molecular weight excluding hydrogens is 339 g/mol. The molecule has 8 heteroatoms. The highest BCUT2D eigenvalue weighted by atomic mass is 19.1. The van der Waals surface area contributed by atoms with E-state index in [-0.39, 0.29) is 23.7 Å². The van der Waals surface area contributed by atoms with Gasteiger partial charge in [-0.3, -0.25) is 9.59 Å². The van der Waals surface area contributed by atoms with E-state index in [4.69, 9.17) is 4.84 Å². The molecule has 2 heterocycles. The van der Waals surface area contributed by atoms with Gasteiger partial charge in [-0.05, 0) is 12.1 Å². The highest BCUT2D eigenvalue weighted by Crippen LogP contribution is 2.24. The van der Waals surface area contributed by atoms with E-state index in [0.717, 1.165) is 0 Å². The quantitative estimate of drug-likeness (QED) is 0.871. The standard InChI is InChI=1S/C18H23FN4O3/c1-12(24)20-11-15-10-17(21-26-15)14-3-4-18(16(19)9-14)23-7-5-22(6-8-23)13(2)25/h3-4,9,15H,5-8,10-11H2,1-2H3,(H,20,24). The summed E-state index contributed by atoms with van der Waals surface area (Å²) in [4.78, 5) is 31.4. The average Bonchev–Trinajstić information content (AvgIpc) is 3.09. The number of nitrogens with one attached hydrogen (secondary N) is 1. The number of piperazine rings is 1. The van der Waals surface area contributed by atoms with Crippen LogP contribution >= 0.6 is 0 Å². The van der Waals surface area contributed by atoms with Crippen LogP contribution in [0.1, 0.15) is 25.8 Å². The van der Waals surface area contributed by atoms with Crippen LogP contribution in [0.4, 0.5) is 10.1 Å². The fourth-order valence-electron chi connectivity index (χ4n) is 3.17. The minimum atomic E-state index is -0.313. The lowest BCUT2D eigenvalue weighted by Gasteiger charge is -2.35. The minimum Gasteiger partial charge on any atom is -0.390 e. The number of carbonyl (C=O) groups excluding carboxylic acids is 2. The lowest BCUT2D eigenvalue weighted by molar-refractivity contribution is -0.129. The Balaban J connectivity index is 1.62. The molecule has 0 aromatic heterocycles. The molecule has 140 valence electrons. The molecule has 1 atom stereocenters. The Bertz CT molecular complexity index is 729. The van der Waals surface area contributed by atoms with Crippen molar-refractivity contribution in [3.63, 3.8) is 0 Å². The molecule has 0 spiro atoms. The summed E-state index contributed by atoms with van der Waals surface area (Å²) in [5, 5.41) is 6.71. The van der Waals surface area contributed by atoms with Crippen LogP contribution in [0.3, 0.4) is 0 Å². The number of hydrogen-bond acceptors (Lipinski definition) is 5. The van der Waals surface area contributed by atoms with Crippen molar-refractivity contribution in [1.29, 1.82) is 0 Å². The fraction of sp³-hybridized carbons (Fsp3) is 0.500. The van der Waals surface area contributed by atoms with E-state index in [1.807, 2.05) is 11.0 Å². The Labute approximate surface area is 151 Å². The van der Waals surface area contributed by atoms with Gasteiger partial charge in [-0.1, -0.05) is 11.2 Å². The summed E-state index contributed by atoms with van der Waals surface area (Å²) in [6, 6.07) is 5.05. The van der Waals surface area contributed by atoms with Gasteiger partial charge >= 0.3 is 0 Å². The number of halogens is 1. The van der Waals surface area contributed by atoms with Gasteiger partial charge in [0.1, 0.15) is 11.9 Å². The fourth-order valence-corrected chi connectivity index (χ4v) is 3.17. The first-order chi connectivity index (χ1) is 12.4. The minimum absolute atomic E-state index is 0.0496. The number of anilines is 1. The second-order valence-corrected chi connectivity index (χ2v) is 6.57. The van der Waals surface area contributed by atoms with Gasteiger partial charge in [-0.2, -0.15) is 0 Å². The van der Waals surface area contributed by atoms with Crippen molar-refractivity contribution in [1.82, 2.24) is 10.2 Å². The first-order valence-electron chi connectivity index (χ1n) is 8.71. The van der Waals surface area contributed by atoms with E-state index in [0.29, 0.717) is 56.1 Å². The van der Waals surface area contributed by atoms with Crippen LogP contribution in [0.25, 0.3) is 0 Å². The number of benzene rings is 1. The van der Waals surface area contributed by atoms with Crippen molar-refractivity contribution in [2.75, 3.05) is 37.6 Å². The zero-order valence-electron chi connectivity index (χ0n) is 15.0. The van der Waals surface area contributed by atoms with Crippen LogP contribution < -0.4 is 10.2 Å². The molecule has 7 nitrogen and oxygen atoms in total. The molecule has 1 aromatic carbocycles. The Morgan fingerprint density at radius 3 is 2.62 bits per heavy atom. The molecule has 1 fully saturated rings. The Morgan fingerprint density at radius 2 is 2.00 bits per heavy atom. The second-order valence-electron chi connectivity index (χ2n) is 6.57. The van der Waals surface area contributed by atoms with Crippen molar-refractivity contribution in [3.8, 4) is 0 Å². The third-order valence-electron chi connectivity index (χ3n) is 4.66. The number of carbonyl (C=O) groups is 2. The lowest BCUT2D eigenvalue weighted by Crippen LogP contribution is -2.48. The van der Waals surface area contributed by atoms with Crippen molar-refractivity contribution in [2.24, 2.45) is 5.16 Å². The molecule has 0 saturated carbocycles. The zero-order chi connectivity index (χ0) is 18.7. The summed E-state index contributed by atoms with van der Waals surface area (Å²) in [6.45, 7) is 5.79. The number of rotatable bonds is 4. The van der Waals surface area contributed by atoms with Gasteiger partial charge in [0.25, 0.3) is 0 Å². The predicted molar refractivity (Wildman–Crippen MR) is 95.6 cm³/mol. The summed E-state index contributed by atoms with van der Waals surface area (Å²) in [5.74, 6) is -0.386. The lowest BCUT2D eigenvalue weighted by atomic mass is 10.0. The molecule has 2 aliphatic heterocycles. The number of hydrogen-bond donors (Lipinski definition) is 1. The molecule has 1 unspecified atom stereocenters. The molecule has 3 rings (SSSR count). The van der Waals surface area contributed by atoms with Gasteiger partial charge < -0.3 is 20.0 Å². The molecule has 0 aliphatic carbocycles. The highest BCUT2D eigenvalue weighted by molar-refractivity contribution is 6.01. The summed E-state index contributed by atoms with van der Waals surface area (Å²) in [6.07, 6.45) is 0.299. The number of oxime groups is 1. The zero-order valence-corrected chi connectivity index (χ0v) is 15.0. The highest BCUT2D eigenvalue weighted by Gasteiger charge is 2.25. The molecule has 0 radical (unpaired) electrons. The number of nitrogens with zero attached hydrogens (tertiary/aromatic N) is 3. The van der Waals surface area contributed by atoms with Crippen LogP contribution in [0.5, 0.6) is 0 Å². The van der Waals surface area contributed by atoms with Crippen molar-refractivity contribution >= 4 is 23.2 Å². The molecule has 1 aromatic rings. The Morgan fingerprint density at radius 1 is 1.27 bits per heavy atom. The average molecular weight is 362 g/mol. The van der Waals surface area contributed by atoms with Crippen molar-refractivity contribution in [2.45, 2.75) is 26.4 Å². The Hall–Kier alpha value is -2.64. The maximum absolute atomic E-state index is 14.6. The summed E-state index contributed by atoms with van der Waals surface area (Å²) >= 11 is 0. The van der Waals surface area contributed by atoms with Gasteiger partial charge in [0.05, 0.1) is 17.9 Å². The maximum Gasteiger partial charge on any atom is 0.219 e. The summed E-state index contributed by atoms with van der Waals surface area (Å²) < 4.78 is 14.6. The first-order valence-corrected chi connectivity index (χ1v) is 8.71. The normalized spacial score (nSPS) is 19.8. The topological polar surface area (TPSA) is 74.2 Å². The number of amides is 2. The smallest absolute Gasteiger partial charge is 0.219 e. The molecule has 0 bridgehead atoms. The van der Waals surface area contributed by atoms with Crippen LogP contribution in [-0.2, 0) is 14.4 Å². The van der Waals surface area contributed by atoms with E-state index in [2.05, 4.69) is 10.5 Å². The van der Waals surface area contributed by atoms with Gasteiger partial charge in [0.2, 0.25) is 11.8 Å². The molecule has 1 saturated heterocycles. The monoisotopic (exact) mass is 362 g/mol. The van der Waals surface area contributed by atoms with E-state index in [1.165, 1.54) is 13.0 Å². The molecule has 26 heavy (non-hydrogen) atoms. The Kier molecular flexibility index (Phi) is 5.39. The third-order valence-corrected chi connectivity index (χ3v) is 4.66. The van der Waals surface area contributed by atoms with Crippen LogP contribution in [-0.4, -0.2) is 61.3 Å². The first kappa shape index (κ1) is 18.2. The third kappa shape index (κ3) is 4.12. The van der Waals surface area contributed by atoms with E-state index < -0.39 is 0 Å². The van der Waals surface area contributed by atoms with Crippen LogP contribution in [0.2, 0.25) is 0 Å². The maximum atomic E-state index is 14.6. The van der Waals surface area contributed by atoms with Gasteiger partial charge in [-0.25, -0.2) is 4.39 Å². The summed E-state index contributed by atoms with van der Waals surface area (Å²) in [5.41, 5.74) is 1.89. The second kappa shape index (κ2) is 7.72. The van der Waals surface area contributed by atoms with Gasteiger partial charge in [0, 0.05) is 52.0 Å². The van der Waals surface area contributed by atoms with Crippen LogP contribution in [0.15, 0.2) is 23.4 Å². The molecular formula is C18H23FN4O3. The molecule has 2 aliphatic rings. The van der Waals surface area contributed by atoms with E-state index in [9.17, 15) is 14.0 Å². The summed E-state index contributed by atoms with van der Waals surface area (Å²) in [7, 11) is 0. The predicted octanol–water partition coefficient (Wildman–Crippen LogP) is 1.12. The molecule has 1 N–H and O–H groups in total. The van der Waals surface area contributed by atoms with Crippen LogP contribution in [0, 0.1) is 5.82 Å². The van der Waals surface area contributed by atoms with E-state index in [1.54, 1.807) is 17.9 Å². The largest absolute Gasteiger partial charge is 0.390 e.